The van der Waals surface area contributed by atoms with Crippen LogP contribution in [-0.2, 0) is 23.9 Å². The number of aliphatic hydroxyl groups is 1. The number of halogens is 3. The highest BCUT2D eigenvalue weighted by molar-refractivity contribution is 5.77. The van der Waals surface area contributed by atoms with Gasteiger partial charge in [0.15, 0.2) is 11.5 Å². The molecule has 0 saturated carbocycles. The fraction of sp³-hybridized carbons (Fsp3) is 0.565. The fourth-order valence-electron chi connectivity index (χ4n) is 4.76. The van der Waals surface area contributed by atoms with Gasteiger partial charge >= 0.3 is 12.3 Å². The Morgan fingerprint density at radius 1 is 1.33 bits per heavy atom. The minimum atomic E-state index is -4.68. The van der Waals surface area contributed by atoms with Crippen LogP contribution in [0.15, 0.2) is 23.0 Å². The molecule has 0 spiro atoms. The second-order valence-corrected chi connectivity index (χ2v) is 9.36. The van der Waals surface area contributed by atoms with Crippen LogP contribution in [-0.4, -0.2) is 73.9 Å². The molecule has 2 aliphatic rings. The maximum absolute atomic E-state index is 13.8. The summed E-state index contributed by atoms with van der Waals surface area (Å²) in [5, 5.41) is 22.6. The van der Waals surface area contributed by atoms with Crippen LogP contribution in [0.3, 0.4) is 0 Å². The largest absolute Gasteiger partial charge is 0.472 e. The molecule has 13 heteroatoms. The van der Waals surface area contributed by atoms with Gasteiger partial charge in [0.2, 0.25) is 5.91 Å². The number of piperidine rings is 1. The SMILES string of the molecule is C[C@@H]1CCC(=O)N(C[C@H](CC(O)N2CCc3c(nc(-c4ccoc4)nc3C(F)(F)F)C2)NC(=O)O)C1. The molecule has 1 fully saturated rings. The number of nitrogens with zero attached hydrogens (tertiary/aromatic N) is 4. The topological polar surface area (TPSA) is 132 Å². The number of nitrogens with one attached hydrogen (secondary N) is 1. The first kappa shape index (κ1) is 25.9. The number of amides is 2. The van der Waals surface area contributed by atoms with Gasteiger partial charge in [0.1, 0.15) is 12.5 Å². The molecule has 3 N–H and O–H groups in total. The molecular formula is C23H28F3N5O5. The minimum absolute atomic E-state index is 0.0219. The highest BCUT2D eigenvalue weighted by Gasteiger charge is 2.40. The molecule has 0 aliphatic carbocycles. The highest BCUT2D eigenvalue weighted by Crippen LogP contribution is 2.35. The Morgan fingerprint density at radius 3 is 2.78 bits per heavy atom. The van der Waals surface area contributed by atoms with Crippen LogP contribution >= 0.6 is 0 Å². The maximum atomic E-state index is 13.8. The quantitative estimate of drug-likeness (QED) is 0.517. The van der Waals surface area contributed by atoms with E-state index < -0.39 is 30.2 Å². The molecule has 2 aromatic rings. The molecule has 2 amide bonds. The van der Waals surface area contributed by atoms with Crippen molar-refractivity contribution in [3.63, 3.8) is 0 Å². The average molecular weight is 512 g/mol. The minimum Gasteiger partial charge on any atom is -0.472 e. The lowest BCUT2D eigenvalue weighted by molar-refractivity contribution is -0.142. The average Bonchev–Trinajstić information content (AvgIpc) is 3.34. The van der Waals surface area contributed by atoms with Crippen molar-refractivity contribution in [2.45, 2.75) is 57.6 Å². The van der Waals surface area contributed by atoms with Crippen LogP contribution in [0.25, 0.3) is 11.4 Å². The van der Waals surface area contributed by atoms with E-state index in [9.17, 15) is 33.0 Å². The number of aliphatic hydroxyl groups excluding tert-OH is 1. The summed E-state index contributed by atoms with van der Waals surface area (Å²) in [6, 6.07) is 0.702. The number of carboxylic acid groups (broad SMARTS) is 1. The summed E-state index contributed by atoms with van der Waals surface area (Å²) in [5.41, 5.74) is -0.596. The third kappa shape index (κ3) is 5.95. The van der Waals surface area contributed by atoms with E-state index in [1.165, 1.54) is 18.6 Å². The van der Waals surface area contributed by atoms with E-state index in [1.807, 2.05) is 6.92 Å². The molecule has 0 bridgehead atoms. The van der Waals surface area contributed by atoms with Crippen molar-refractivity contribution in [3.8, 4) is 11.4 Å². The first-order valence-electron chi connectivity index (χ1n) is 11.7. The molecule has 1 saturated heterocycles. The molecule has 2 aromatic heterocycles. The molecule has 4 rings (SSSR count). The third-order valence-corrected chi connectivity index (χ3v) is 6.56. The zero-order valence-electron chi connectivity index (χ0n) is 19.7. The van der Waals surface area contributed by atoms with Gasteiger partial charge < -0.3 is 24.8 Å². The Bertz CT molecular complexity index is 1090. The molecule has 1 unspecified atom stereocenters. The number of aromatic nitrogens is 2. The van der Waals surface area contributed by atoms with Crippen LogP contribution in [0.2, 0.25) is 0 Å². The van der Waals surface area contributed by atoms with Crippen molar-refractivity contribution in [2.75, 3.05) is 19.6 Å². The standard InChI is InChI=1S/C23H28F3N5O5/c1-13-2-3-18(32)31(9-13)10-15(27-22(34)35)8-19(33)30-6-4-16-17(11-30)28-21(14-5-7-36-12-14)29-20(16)23(24,25)26/h5,7,12-13,15,19,27,33H,2-4,6,8-11H2,1H3,(H,34,35)/t13-,15+,19?/m1/s1. The molecule has 36 heavy (non-hydrogen) atoms. The molecule has 10 nitrogen and oxygen atoms in total. The van der Waals surface area contributed by atoms with Gasteiger partial charge in [0.25, 0.3) is 0 Å². The van der Waals surface area contributed by atoms with Gasteiger partial charge in [-0.1, -0.05) is 6.92 Å². The van der Waals surface area contributed by atoms with Gasteiger partial charge in [-0.25, -0.2) is 14.8 Å². The van der Waals surface area contributed by atoms with Gasteiger partial charge in [0.05, 0.1) is 23.6 Å². The predicted octanol–water partition coefficient (Wildman–Crippen LogP) is 2.72. The summed E-state index contributed by atoms with van der Waals surface area (Å²) in [6.07, 6.45) is -3.52. The van der Waals surface area contributed by atoms with Crippen LogP contribution < -0.4 is 5.32 Å². The number of hydrogen-bond acceptors (Lipinski definition) is 7. The first-order valence-corrected chi connectivity index (χ1v) is 11.7. The summed E-state index contributed by atoms with van der Waals surface area (Å²) in [5.74, 6) is 0.0767. The Hall–Kier alpha value is -3.19. The Kier molecular flexibility index (Phi) is 7.50. The number of carbonyl (C=O) groups excluding carboxylic acids is 1. The van der Waals surface area contributed by atoms with Crippen molar-refractivity contribution in [1.29, 1.82) is 0 Å². The molecule has 196 valence electrons. The number of carbonyl (C=O) groups is 2. The van der Waals surface area contributed by atoms with Crippen molar-refractivity contribution in [2.24, 2.45) is 5.92 Å². The molecule has 2 aliphatic heterocycles. The number of fused-ring (bicyclic) bond motifs is 1. The van der Waals surface area contributed by atoms with E-state index in [0.29, 0.717) is 18.5 Å². The van der Waals surface area contributed by atoms with Crippen molar-refractivity contribution in [3.05, 3.63) is 35.5 Å². The van der Waals surface area contributed by atoms with Gasteiger partial charge in [-0.3, -0.25) is 9.69 Å². The van der Waals surface area contributed by atoms with E-state index in [4.69, 9.17) is 4.42 Å². The van der Waals surface area contributed by atoms with Gasteiger partial charge in [0, 0.05) is 44.6 Å². The van der Waals surface area contributed by atoms with Gasteiger partial charge in [-0.2, -0.15) is 13.2 Å². The third-order valence-electron chi connectivity index (χ3n) is 6.56. The Morgan fingerprint density at radius 2 is 2.11 bits per heavy atom. The lowest BCUT2D eigenvalue weighted by atomic mass is 9.98. The lowest BCUT2D eigenvalue weighted by Gasteiger charge is -2.37. The highest BCUT2D eigenvalue weighted by atomic mass is 19.4. The predicted molar refractivity (Wildman–Crippen MR) is 119 cm³/mol. The van der Waals surface area contributed by atoms with E-state index in [2.05, 4.69) is 15.3 Å². The van der Waals surface area contributed by atoms with Gasteiger partial charge in [-0.15, -0.1) is 0 Å². The van der Waals surface area contributed by atoms with Crippen molar-refractivity contribution in [1.82, 2.24) is 25.1 Å². The van der Waals surface area contributed by atoms with E-state index in [0.717, 1.165) is 6.42 Å². The second kappa shape index (κ2) is 10.4. The summed E-state index contributed by atoms with van der Waals surface area (Å²) < 4.78 is 46.2. The molecule has 3 atom stereocenters. The monoisotopic (exact) mass is 511 g/mol. The first-order chi connectivity index (χ1) is 17.0. The summed E-state index contributed by atoms with van der Waals surface area (Å²) in [4.78, 5) is 34.8. The summed E-state index contributed by atoms with van der Waals surface area (Å²) >= 11 is 0. The van der Waals surface area contributed by atoms with E-state index >= 15 is 0 Å². The molecule has 4 heterocycles. The smallest absolute Gasteiger partial charge is 0.433 e. The van der Waals surface area contributed by atoms with Crippen LogP contribution in [0.4, 0.5) is 18.0 Å². The second-order valence-electron chi connectivity index (χ2n) is 9.36. The number of hydrogen-bond donors (Lipinski definition) is 3. The number of alkyl halides is 3. The lowest BCUT2D eigenvalue weighted by Crippen LogP contribution is -2.51. The fourth-order valence-corrected chi connectivity index (χ4v) is 4.76. The number of rotatable bonds is 7. The van der Waals surface area contributed by atoms with E-state index in [1.54, 1.807) is 9.80 Å². The van der Waals surface area contributed by atoms with E-state index in [-0.39, 0.29) is 61.4 Å². The maximum Gasteiger partial charge on any atom is 0.433 e. The molecule has 0 aromatic carbocycles. The number of furan rings is 1. The van der Waals surface area contributed by atoms with Crippen molar-refractivity contribution < 1.29 is 37.4 Å². The number of likely N-dealkylation sites (tertiary alicyclic amines) is 1. The molecule has 0 radical (unpaired) electrons. The summed E-state index contributed by atoms with van der Waals surface area (Å²) in [6.45, 7) is 2.63. The zero-order chi connectivity index (χ0) is 26.0. The van der Waals surface area contributed by atoms with Crippen molar-refractivity contribution >= 4 is 12.0 Å². The summed E-state index contributed by atoms with van der Waals surface area (Å²) in [7, 11) is 0. The van der Waals surface area contributed by atoms with Crippen LogP contribution in [0, 0.1) is 5.92 Å². The molecular weight excluding hydrogens is 483 g/mol. The van der Waals surface area contributed by atoms with Crippen LogP contribution in [0.5, 0.6) is 0 Å². The normalized spacial score (nSPS) is 20.6. The Balaban J connectivity index is 1.52. The van der Waals surface area contributed by atoms with Gasteiger partial charge in [-0.05, 0) is 24.8 Å². The Labute approximate surface area is 205 Å². The zero-order valence-corrected chi connectivity index (χ0v) is 19.7. The van der Waals surface area contributed by atoms with Crippen LogP contribution in [0.1, 0.15) is 43.1 Å².